The molecule has 6 nitrogen and oxygen atoms in total. The predicted molar refractivity (Wildman–Crippen MR) is 89.9 cm³/mol. The SMILES string of the molecule is CCN(CC)S(=O)(=O)c1cccc(C(=O)NC2CCNCC2)c1. The molecule has 0 bridgehead atoms. The van der Waals surface area contributed by atoms with Gasteiger partial charge in [-0.2, -0.15) is 4.31 Å². The molecular formula is C16H25N3O3S. The summed E-state index contributed by atoms with van der Waals surface area (Å²) < 4.78 is 26.5. The van der Waals surface area contributed by atoms with Gasteiger partial charge in [-0.15, -0.1) is 0 Å². The summed E-state index contributed by atoms with van der Waals surface area (Å²) in [5.74, 6) is -0.214. The molecule has 2 rings (SSSR count). The quantitative estimate of drug-likeness (QED) is 0.816. The van der Waals surface area contributed by atoms with Gasteiger partial charge in [0.1, 0.15) is 0 Å². The van der Waals surface area contributed by atoms with E-state index >= 15 is 0 Å². The fourth-order valence-corrected chi connectivity index (χ4v) is 4.25. The summed E-state index contributed by atoms with van der Waals surface area (Å²) in [6.07, 6.45) is 1.78. The Labute approximate surface area is 138 Å². The van der Waals surface area contributed by atoms with Crippen LogP contribution in [0.1, 0.15) is 37.0 Å². The zero-order valence-electron chi connectivity index (χ0n) is 13.7. The maximum Gasteiger partial charge on any atom is 0.251 e. The molecule has 0 spiro atoms. The van der Waals surface area contributed by atoms with Gasteiger partial charge in [0, 0.05) is 24.7 Å². The molecule has 128 valence electrons. The third-order valence-corrected chi connectivity index (χ3v) is 6.16. The minimum atomic E-state index is -3.55. The van der Waals surface area contributed by atoms with E-state index in [-0.39, 0.29) is 16.8 Å². The average Bonchev–Trinajstić information content (AvgIpc) is 2.57. The minimum absolute atomic E-state index is 0.145. The van der Waals surface area contributed by atoms with Gasteiger partial charge in [0.2, 0.25) is 10.0 Å². The molecule has 1 aromatic carbocycles. The topological polar surface area (TPSA) is 78.5 Å². The first-order valence-electron chi connectivity index (χ1n) is 8.10. The number of piperidine rings is 1. The van der Waals surface area contributed by atoms with Crippen LogP contribution < -0.4 is 10.6 Å². The molecule has 0 aliphatic carbocycles. The fourth-order valence-electron chi connectivity index (χ4n) is 2.75. The zero-order valence-corrected chi connectivity index (χ0v) is 14.5. The molecular weight excluding hydrogens is 314 g/mol. The second kappa shape index (κ2) is 7.90. The Morgan fingerprint density at radius 2 is 1.91 bits per heavy atom. The molecule has 1 fully saturated rings. The number of benzene rings is 1. The number of hydrogen-bond acceptors (Lipinski definition) is 4. The first kappa shape index (κ1) is 17.9. The van der Waals surface area contributed by atoms with Crippen molar-refractivity contribution >= 4 is 15.9 Å². The molecule has 1 heterocycles. The van der Waals surface area contributed by atoms with Crippen molar-refractivity contribution in [3.63, 3.8) is 0 Å². The van der Waals surface area contributed by atoms with Gasteiger partial charge in [-0.25, -0.2) is 8.42 Å². The second-order valence-electron chi connectivity index (χ2n) is 5.61. The molecule has 0 unspecified atom stereocenters. The van der Waals surface area contributed by atoms with E-state index in [4.69, 9.17) is 0 Å². The number of carbonyl (C=O) groups is 1. The third-order valence-electron chi connectivity index (χ3n) is 4.11. The minimum Gasteiger partial charge on any atom is -0.349 e. The van der Waals surface area contributed by atoms with Gasteiger partial charge in [0.15, 0.2) is 0 Å². The fraction of sp³-hybridized carbons (Fsp3) is 0.562. The van der Waals surface area contributed by atoms with E-state index < -0.39 is 10.0 Å². The summed E-state index contributed by atoms with van der Waals surface area (Å²) in [5.41, 5.74) is 0.386. The van der Waals surface area contributed by atoms with E-state index in [0.717, 1.165) is 25.9 Å². The highest BCUT2D eigenvalue weighted by molar-refractivity contribution is 7.89. The molecule has 1 amide bonds. The second-order valence-corrected chi connectivity index (χ2v) is 7.55. The van der Waals surface area contributed by atoms with Crippen LogP contribution in [0.25, 0.3) is 0 Å². The van der Waals surface area contributed by atoms with Crippen LogP contribution in [0.4, 0.5) is 0 Å². The van der Waals surface area contributed by atoms with Gasteiger partial charge in [-0.3, -0.25) is 4.79 Å². The summed E-state index contributed by atoms with van der Waals surface area (Å²) in [6.45, 7) is 6.20. The van der Waals surface area contributed by atoms with E-state index in [1.54, 1.807) is 26.0 Å². The standard InChI is InChI=1S/C16H25N3O3S/c1-3-19(4-2)23(21,22)15-7-5-6-13(12-15)16(20)18-14-8-10-17-11-9-14/h5-7,12,14,17H,3-4,8-11H2,1-2H3,(H,18,20). The van der Waals surface area contributed by atoms with Crippen molar-refractivity contribution in [2.24, 2.45) is 0 Å². The van der Waals surface area contributed by atoms with Crippen LogP contribution in [-0.4, -0.2) is 50.9 Å². The van der Waals surface area contributed by atoms with Crippen LogP contribution in [0.15, 0.2) is 29.2 Å². The molecule has 1 aliphatic heterocycles. The molecule has 0 aromatic heterocycles. The third kappa shape index (κ3) is 4.31. The highest BCUT2D eigenvalue weighted by Crippen LogP contribution is 2.17. The molecule has 1 saturated heterocycles. The lowest BCUT2D eigenvalue weighted by molar-refractivity contribution is 0.0929. The lowest BCUT2D eigenvalue weighted by atomic mass is 10.1. The number of carbonyl (C=O) groups excluding carboxylic acids is 1. The largest absolute Gasteiger partial charge is 0.349 e. The molecule has 0 radical (unpaired) electrons. The number of sulfonamides is 1. The maximum atomic E-state index is 12.5. The van der Waals surface area contributed by atoms with Crippen molar-refractivity contribution in [3.8, 4) is 0 Å². The maximum absolute atomic E-state index is 12.5. The Hall–Kier alpha value is -1.44. The predicted octanol–water partition coefficient (Wildman–Crippen LogP) is 1.20. The van der Waals surface area contributed by atoms with E-state index in [0.29, 0.717) is 18.7 Å². The van der Waals surface area contributed by atoms with Crippen molar-refractivity contribution < 1.29 is 13.2 Å². The van der Waals surface area contributed by atoms with Crippen LogP contribution in [-0.2, 0) is 10.0 Å². The average molecular weight is 339 g/mol. The van der Waals surface area contributed by atoms with Crippen molar-refractivity contribution in [1.82, 2.24) is 14.9 Å². The first-order chi connectivity index (χ1) is 11.0. The van der Waals surface area contributed by atoms with Crippen LogP contribution in [0.3, 0.4) is 0 Å². The highest BCUT2D eigenvalue weighted by Gasteiger charge is 2.23. The van der Waals surface area contributed by atoms with Gasteiger partial charge in [-0.1, -0.05) is 19.9 Å². The summed E-state index contributed by atoms with van der Waals surface area (Å²) in [6, 6.07) is 6.41. The Kier molecular flexibility index (Phi) is 6.15. The van der Waals surface area contributed by atoms with Gasteiger partial charge >= 0.3 is 0 Å². The molecule has 2 N–H and O–H groups in total. The normalized spacial score (nSPS) is 16.5. The Bertz CT molecular complexity index is 636. The lowest BCUT2D eigenvalue weighted by Gasteiger charge is -2.24. The van der Waals surface area contributed by atoms with Crippen LogP contribution in [0.5, 0.6) is 0 Å². The summed E-state index contributed by atoms with van der Waals surface area (Å²) in [7, 11) is -3.55. The number of nitrogens with one attached hydrogen (secondary N) is 2. The van der Waals surface area contributed by atoms with E-state index in [1.165, 1.54) is 16.4 Å². The van der Waals surface area contributed by atoms with E-state index in [9.17, 15) is 13.2 Å². The number of rotatable bonds is 6. The van der Waals surface area contributed by atoms with Gasteiger partial charge in [-0.05, 0) is 44.1 Å². The molecule has 1 aromatic rings. The Balaban J connectivity index is 2.17. The smallest absolute Gasteiger partial charge is 0.251 e. The number of hydrogen-bond donors (Lipinski definition) is 2. The molecule has 0 atom stereocenters. The molecule has 1 aliphatic rings. The van der Waals surface area contributed by atoms with Crippen molar-refractivity contribution in [1.29, 1.82) is 0 Å². The summed E-state index contributed by atoms with van der Waals surface area (Å²) in [5, 5.41) is 6.23. The number of amides is 1. The van der Waals surface area contributed by atoms with Gasteiger partial charge in [0.05, 0.1) is 4.90 Å². The van der Waals surface area contributed by atoms with Crippen LogP contribution in [0.2, 0.25) is 0 Å². The first-order valence-corrected chi connectivity index (χ1v) is 9.54. The van der Waals surface area contributed by atoms with Gasteiger partial charge in [0.25, 0.3) is 5.91 Å². The zero-order chi connectivity index (χ0) is 16.9. The molecule has 23 heavy (non-hydrogen) atoms. The number of nitrogens with zero attached hydrogens (tertiary/aromatic N) is 1. The van der Waals surface area contributed by atoms with Crippen molar-refractivity contribution in [2.45, 2.75) is 37.6 Å². The summed E-state index contributed by atoms with van der Waals surface area (Å²) in [4.78, 5) is 12.5. The molecule has 7 heteroatoms. The monoisotopic (exact) mass is 339 g/mol. The van der Waals surface area contributed by atoms with Gasteiger partial charge < -0.3 is 10.6 Å². The van der Waals surface area contributed by atoms with E-state index in [1.807, 2.05) is 0 Å². The Morgan fingerprint density at radius 3 is 2.52 bits per heavy atom. The highest BCUT2D eigenvalue weighted by atomic mass is 32.2. The van der Waals surface area contributed by atoms with Crippen LogP contribution in [0, 0.1) is 0 Å². The lowest BCUT2D eigenvalue weighted by Crippen LogP contribution is -2.42. The van der Waals surface area contributed by atoms with E-state index in [2.05, 4.69) is 10.6 Å². The van der Waals surface area contributed by atoms with Crippen molar-refractivity contribution in [3.05, 3.63) is 29.8 Å². The van der Waals surface area contributed by atoms with Crippen LogP contribution >= 0.6 is 0 Å². The Morgan fingerprint density at radius 1 is 1.26 bits per heavy atom. The summed E-state index contributed by atoms with van der Waals surface area (Å²) >= 11 is 0. The van der Waals surface area contributed by atoms with Crippen molar-refractivity contribution in [2.75, 3.05) is 26.2 Å². The molecule has 0 saturated carbocycles.